The first-order valence-corrected chi connectivity index (χ1v) is 5.89. The predicted octanol–water partition coefficient (Wildman–Crippen LogP) is 3.71. The molecule has 0 amide bonds. The maximum atomic E-state index is 13.7. The minimum absolute atomic E-state index is 0.226. The van der Waals surface area contributed by atoms with Crippen LogP contribution in [-0.2, 0) is 0 Å². The van der Waals surface area contributed by atoms with Gasteiger partial charge in [-0.3, -0.25) is 0 Å². The summed E-state index contributed by atoms with van der Waals surface area (Å²) in [5, 5.41) is 0. The standard InChI is InChI=1S/C12H13BrFNO/c1-7(2)15-8(3)6-16-12-10(14)4-9(13)5-11(12)15/h4-5,7H,3,6H2,1-2H3. The summed E-state index contributed by atoms with van der Waals surface area (Å²) in [6.45, 7) is 8.36. The van der Waals surface area contributed by atoms with Crippen molar-refractivity contribution in [2.24, 2.45) is 0 Å². The Hall–Kier alpha value is -1.03. The molecule has 0 radical (unpaired) electrons. The minimum Gasteiger partial charge on any atom is -0.482 e. The second-order valence-corrected chi connectivity index (χ2v) is 4.97. The fourth-order valence-electron chi connectivity index (χ4n) is 1.91. The highest BCUT2D eigenvalue weighted by Crippen LogP contribution is 2.40. The number of hydrogen-bond acceptors (Lipinski definition) is 2. The quantitative estimate of drug-likeness (QED) is 0.780. The Balaban J connectivity index is 2.58. The summed E-state index contributed by atoms with van der Waals surface area (Å²) in [6, 6.07) is 3.48. The van der Waals surface area contributed by atoms with E-state index in [4.69, 9.17) is 4.74 Å². The zero-order chi connectivity index (χ0) is 11.9. The second kappa shape index (κ2) is 4.09. The second-order valence-electron chi connectivity index (χ2n) is 4.05. The van der Waals surface area contributed by atoms with Gasteiger partial charge in [-0.15, -0.1) is 0 Å². The molecular weight excluding hydrogens is 273 g/mol. The highest BCUT2D eigenvalue weighted by Gasteiger charge is 2.26. The van der Waals surface area contributed by atoms with E-state index in [2.05, 4.69) is 22.5 Å². The lowest BCUT2D eigenvalue weighted by Gasteiger charge is -2.36. The predicted molar refractivity (Wildman–Crippen MR) is 66.4 cm³/mol. The number of rotatable bonds is 1. The maximum Gasteiger partial charge on any atom is 0.179 e. The summed E-state index contributed by atoms with van der Waals surface area (Å²) in [4.78, 5) is 1.99. The number of nitrogens with zero attached hydrogens (tertiary/aromatic N) is 1. The molecule has 0 aromatic heterocycles. The van der Waals surface area contributed by atoms with Crippen molar-refractivity contribution in [1.29, 1.82) is 0 Å². The summed E-state index contributed by atoms with van der Waals surface area (Å²) < 4.78 is 19.8. The normalized spacial score (nSPS) is 15.1. The topological polar surface area (TPSA) is 12.5 Å². The van der Waals surface area contributed by atoms with Gasteiger partial charge in [-0.05, 0) is 26.0 Å². The molecule has 0 atom stereocenters. The van der Waals surface area contributed by atoms with Crippen LogP contribution in [0.1, 0.15) is 13.8 Å². The van der Waals surface area contributed by atoms with Crippen molar-refractivity contribution in [2.75, 3.05) is 11.5 Å². The van der Waals surface area contributed by atoms with Crippen molar-refractivity contribution in [3.8, 4) is 5.75 Å². The molecule has 2 rings (SSSR count). The fourth-order valence-corrected chi connectivity index (χ4v) is 2.33. The van der Waals surface area contributed by atoms with Crippen molar-refractivity contribution >= 4 is 21.6 Å². The van der Waals surface area contributed by atoms with E-state index in [1.807, 2.05) is 24.8 Å². The van der Waals surface area contributed by atoms with Crippen LogP contribution in [0.3, 0.4) is 0 Å². The van der Waals surface area contributed by atoms with Crippen LogP contribution in [0.4, 0.5) is 10.1 Å². The molecule has 1 aromatic rings. The van der Waals surface area contributed by atoms with Crippen LogP contribution in [0.5, 0.6) is 5.75 Å². The number of halogens is 2. The van der Waals surface area contributed by atoms with Crippen LogP contribution in [-0.4, -0.2) is 12.6 Å². The summed E-state index contributed by atoms with van der Waals surface area (Å²) in [7, 11) is 0. The molecule has 0 unspecified atom stereocenters. The van der Waals surface area contributed by atoms with Gasteiger partial charge in [0, 0.05) is 16.2 Å². The van der Waals surface area contributed by atoms with Gasteiger partial charge in [0.15, 0.2) is 11.6 Å². The largest absolute Gasteiger partial charge is 0.482 e. The molecule has 0 aliphatic carbocycles. The third-order valence-electron chi connectivity index (χ3n) is 2.49. The first-order valence-electron chi connectivity index (χ1n) is 5.09. The van der Waals surface area contributed by atoms with Crippen LogP contribution >= 0.6 is 15.9 Å². The van der Waals surface area contributed by atoms with Crippen LogP contribution < -0.4 is 9.64 Å². The van der Waals surface area contributed by atoms with E-state index < -0.39 is 0 Å². The summed E-state index contributed by atoms with van der Waals surface area (Å²) >= 11 is 3.29. The Morgan fingerprint density at radius 1 is 1.50 bits per heavy atom. The van der Waals surface area contributed by atoms with Crippen LogP contribution in [0.2, 0.25) is 0 Å². The van der Waals surface area contributed by atoms with E-state index in [9.17, 15) is 4.39 Å². The Bertz CT molecular complexity index is 445. The molecule has 0 N–H and O–H groups in total. The van der Waals surface area contributed by atoms with Crippen LogP contribution in [0.15, 0.2) is 28.9 Å². The number of anilines is 1. The number of hydrogen-bond donors (Lipinski definition) is 0. The highest BCUT2D eigenvalue weighted by molar-refractivity contribution is 9.10. The zero-order valence-corrected chi connectivity index (χ0v) is 10.8. The summed E-state index contributed by atoms with van der Waals surface area (Å²) in [5.74, 6) is -0.0353. The molecule has 1 aliphatic heterocycles. The lowest BCUT2D eigenvalue weighted by molar-refractivity contribution is 0.314. The van der Waals surface area contributed by atoms with E-state index in [-0.39, 0.29) is 11.9 Å². The first kappa shape index (κ1) is 11.5. The van der Waals surface area contributed by atoms with Gasteiger partial charge in [0.2, 0.25) is 0 Å². The molecule has 0 bridgehead atoms. The molecule has 0 saturated heterocycles. The summed E-state index contributed by atoms with van der Waals surface area (Å²) in [5.41, 5.74) is 1.58. The Morgan fingerprint density at radius 3 is 2.81 bits per heavy atom. The van der Waals surface area contributed by atoms with Gasteiger partial charge in [-0.25, -0.2) is 4.39 Å². The molecule has 1 aliphatic rings. The van der Waals surface area contributed by atoms with E-state index in [1.54, 1.807) is 0 Å². The number of ether oxygens (including phenoxy) is 1. The average Bonchev–Trinajstić information content (AvgIpc) is 2.15. The number of fused-ring (bicyclic) bond motifs is 1. The van der Waals surface area contributed by atoms with Gasteiger partial charge in [0.1, 0.15) is 6.61 Å². The van der Waals surface area contributed by atoms with Crippen molar-refractivity contribution in [2.45, 2.75) is 19.9 Å². The lowest BCUT2D eigenvalue weighted by atomic mass is 10.1. The lowest BCUT2D eigenvalue weighted by Crippen LogP contribution is -2.35. The van der Waals surface area contributed by atoms with Gasteiger partial charge in [-0.2, -0.15) is 0 Å². The van der Waals surface area contributed by atoms with E-state index in [0.717, 1.165) is 11.4 Å². The first-order chi connectivity index (χ1) is 7.50. The third-order valence-corrected chi connectivity index (χ3v) is 2.95. The average molecular weight is 286 g/mol. The molecule has 16 heavy (non-hydrogen) atoms. The Kier molecular flexibility index (Phi) is 2.93. The van der Waals surface area contributed by atoms with Gasteiger partial charge in [-0.1, -0.05) is 22.5 Å². The van der Waals surface area contributed by atoms with E-state index in [0.29, 0.717) is 16.8 Å². The molecular formula is C12H13BrFNO. The maximum absolute atomic E-state index is 13.7. The molecule has 1 heterocycles. The molecule has 4 heteroatoms. The van der Waals surface area contributed by atoms with E-state index >= 15 is 0 Å². The van der Waals surface area contributed by atoms with Gasteiger partial charge >= 0.3 is 0 Å². The van der Waals surface area contributed by atoms with Crippen molar-refractivity contribution in [1.82, 2.24) is 0 Å². The van der Waals surface area contributed by atoms with Crippen LogP contribution in [0, 0.1) is 5.82 Å². The zero-order valence-electron chi connectivity index (χ0n) is 9.26. The third kappa shape index (κ3) is 1.82. The smallest absolute Gasteiger partial charge is 0.179 e. The van der Waals surface area contributed by atoms with Crippen molar-refractivity contribution in [3.63, 3.8) is 0 Å². The summed E-state index contributed by atoms with van der Waals surface area (Å²) in [6.07, 6.45) is 0. The Labute approximate surface area is 103 Å². The van der Waals surface area contributed by atoms with Crippen LogP contribution in [0.25, 0.3) is 0 Å². The van der Waals surface area contributed by atoms with Gasteiger partial charge in [0.25, 0.3) is 0 Å². The minimum atomic E-state index is -0.345. The van der Waals surface area contributed by atoms with E-state index in [1.165, 1.54) is 6.07 Å². The monoisotopic (exact) mass is 285 g/mol. The molecule has 86 valence electrons. The molecule has 0 spiro atoms. The van der Waals surface area contributed by atoms with Crippen molar-refractivity contribution in [3.05, 3.63) is 34.7 Å². The fraction of sp³-hybridized carbons (Fsp3) is 0.333. The highest BCUT2D eigenvalue weighted by atomic mass is 79.9. The number of benzene rings is 1. The SMILES string of the molecule is C=C1COc2c(F)cc(Br)cc2N1C(C)C. The van der Waals surface area contributed by atoms with Gasteiger partial charge < -0.3 is 9.64 Å². The van der Waals surface area contributed by atoms with Gasteiger partial charge in [0.05, 0.1) is 5.69 Å². The van der Waals surface area contributed by atoms with Crippen molar-refractivity contribution < 1.29 is 9.13 Å². The molecule has 0 saturated carbocycles. The molecule has 0 fully saturated rings. The Morgan fingerprint density at radius 2 is 2.19 bits per heavy atom. The molecule has 1 aromatic carbocycles. The molecule has 2 nitrogen and oxygen atoms in total.